The molecule has 0 spiro atoms. The van der Waals surface area contributed by atoms with E-state index in [4.69, 9.17) is 21.1 Å². The maximum Gasteiger partial charge on any atom is 0.307 e. The van der Waals surface area contributed by atoms with Gasteiger partial charge < -0.3 is 19.5 Å². The van der Waals surface area contributed by atoms with Gasteiger partial charge in [-0.3, -0.25) is 10.1 Å². The number of esters is 1. The fourth-order valence-electron chi connectivity index (χ4n) is 4.96. The van der Waals surface area contributed by atoms with E-state index in [9.17, 15) is 9.90 Å². The highest BCUT2D eigenvalue weighted by Gasteiger charge is 2.44. The molecule has 1 aliphatic carbocycles. The second kappa shape index (κ2) is 11.4. The van der Waals surface area contributed by atoms with Crippen LogP contribution < -0.4 is 5.32 Å². The van der Waals surface area contributed by atoms with Crippen molar-refractivity contribution in [1.29, 1.82) is 0 Å². The predicted octanol–water partition coefficient (Wildman–Crippen LogP) is 5.12. The van der Waals surface area contributed by atoms with E-state index >= 15 is 0 Å². The molecule has 1 heterocycles. The van der Waals surface area contributed by atoms with Crippen LogP contribution in [0.2, 0.25) is 5.02 Å². The van der Waals surface area contributed by atoms with Crippen molar-refractivity contribution in [3.63, 3.8) is 0 Å². The van der Waals surface area contributed by atoms with E-state index in [-0.39, 0.29) is 23.9 Å². The van der Waals surface area contributed by atoms with Crippen LogP contribution in [-0.2, 0) is 26.2 Å². The van der Waals surface area contributed by atoms with Gasteiger partial charge in [0.05, 0.1) is 24.7 Å². The van der Waals surface area contributed by atoms with Crippen LogP contribution in [0.1, 0.15) is 77.3 Å². The van der Waals surface area contributed by atoms with Gasteiger partial charge >= 0.3 is 5.97 Å². The first-order valence-electron chi connectivity index (χ1n) is 12.5. The van der Waals surface area contributed by atoms with Crippen molar-refractivity contribution < 1.29 is 19.4 Å². The monoisotopic (exact) mass is 492 g/mol. The van der Waals surface area contributed by atoms with Crippen molar-refractivity contribution in [2.75, 3.05) is 20.3 Å². The third-order valence-corrected chi connectivity index (χ3v) is 7.34. The van der Waals surface area contributed by atoms with Crippen molar-refractivity contribution in [2.45, 2.75) is 90.6 Å². The normalized spacial score (nSPS) is 25.4. The number of aryl methyl sites for hydroxylation is 1. The summed E-state index contributed by atoms with van der Waals surface area (Å²) in [5, 5.41) is 15.3. The van der Waals surface area contributed by atoms with Gasteiger partial charge in [-0.05, 0) is 73.6 Å². The largest absolute Gasteiger partial charge is 0.466 e. The van der Waals surface area contributed by atoms with Gasteiger partial charge in [-0.2, -0.15) is 0 Å². The fourth-order valence-corrected chi connectivity index (χ4v) is 5.23. The molecule has 0 radical (unpaired) electrons. The Morgan fingerprint density at radius 2 is 2.12 bits per heavy atom. The Labute approximate surface area is 209 Å². The van der Waals surface area contributed by atoms with E-state index in [1.807, 2.05) is 6.20 Å². The number of nitrogens with one attached hydrogen (secondary N) is 1. The van der Waals surface area contributed by atoms with E-state index in [1.54, 1.807) is 18.9 Å². The lowest BCUT2D eigenvalue weighted by atomic mass is 9.77. The molecule has 190 valence electrons. The molecule has 1 aromatic rings. The Hall–Kier alpha value is -1.60. The minimum Gasteiger partial charge on any atom is -0.466 e. The molecular formula is C27H41ClN2O4. The van der Waals surface area contributed by atoms with Crippen LogP contribution in [0.4, 0.5) is 0 Å². The minimum atomic E-state index is -0.920. The number of aliphatic hydroxyl groups excluding tert-OH is 1. The van der Waals surface area contributed by atoms with Gasteiger partial charge in [0.15, 0.2) is 6.35 Å². The number of carbonyl (C=O) groups excluding carboxylic acids is 1. The smallest absolute Gasteiger partial charge is 0.307 e. The first-order valence-corrected chi connectivity index (χ1v) is 12.9. The Morgan fingerprint density at radius 1 is 1.35 bits per heavy atom. The molecule has 2 N–H and O–H groups in total. The number of nitrogens with zero attached hydrogens (tertiary/aromatic N) is 1. The van der Waals surface area contributed by atoms with Gasteiger partial charge in [0.1, 0.15) is 0 Å². The SMILES string of the molecule is CCOC(=O)CCN1C=C2CC(OC)CCC[C@@]2(c2ccc(CCC(C)(C)C)c(Cl)c2)NC1O. The van der Waals surface area contributed by atoms with Crippen LogP contribution in [0.3, 0.4) is 0 Å². The average molecular weight is 493 g/mol. The topological polar surface area (TPSA) is 71.0 Å². The zero-order chi connectivity index (χ0) is 24.9. The van der Waals surface area contributed by atoms with Crippen LogP contribution in [0, 0.1) is 5.41 Å². The number of hydrogen-bond acceptors (Lipinski definition) is 6. The number of halogens is 1. The Kier molecular flexibility index (Phi) is 9.07. The molecule has 2 unspecified atom stereocenters. The Balaban J connectivity index is 1.92. The Bertz CT molecular complexity index is 882. The van der Waals surface area contributed by atoms with E-state index in [2.05, 4.69) is 44.3 Å². The third-order valence-electron chi connectivity index (χ3n) is 6.99. The number of benzene rings is 1. The summed E-state index contributed by atoms with van der Waals surface area (Å²) in [6.07, 6.45) is 6.90. The molecule has 1 aromatic carbocycles. The van der Waals surface area contributed by atoms with E-state index in [0.29, 0.717) is 13.2 Å². The van der Waals surface area contributed by atoms with Gasteiger partial charge in [-0.1, -0.05) is 44.5 Å². The van der Waals surface area contributed by atoms with E-state index < -0.39 is 11.9 Å². The highest BCUT2D eigenvalue weighted by atomic mass is 35.5. The quantitative estimate of drug-likeness (QED) is 0.491. The van der Waals surface area contributed by atoms with Crippen molar-refractivity contribution in [2.24, 2.45) is 5.41 Å². The van der Waals surface area contributed by atoms with Gasteiger partial charge in [-0.15, -0.1) is 0 Å². The number of carbonyl (C=O) groups is 1. The zero-order valence-corrected chi connectivity index (χ0v) is 22.1. The predicted molar refractivity (Wildman–Crippen MR) is 135 cm³/mol. The minimum absolute atomic E-state index is 0.110. The van der Waals surface area contributed by atoms with Crippen molar-refractivity contribution >= 4 is 17.6 Å². The maximum atomic E-state index is 11.9. The zero-order valence-electron chi connectivity index (χ0n) is 21.3. The molecule has 34 heavy (non-hydrogen) atoms. The van der Waals surface area contributed by atoms with Gasteiger partial charge in [0, 0.05) is 24.9 Å². The molecule has 2 aliphatic rings. The second-order valence-electron chi connectivity index (χ2n) is 10.7. The van der Waals surface area contributed by atoms with Crippen LogP contribution in [0.15, 0.2) is 30.0 Å². The van der Waals surface area contributed by atoms with Crippen LogP contribution >= 0.6 is 11.6 Å². The molecule has 0 saturated heterocycles. The molecule has 1 fully saturated rings. The summed E-state index contributed by atoms with van der Waals surface area (Å²) < 4.78 is 10.8. The maximum absolute atomic E-state index is 11.9. The molecule has 0 amide bonds. The van der Waals surface area contributed by atoms with Crippen LogP contribution in [0.25, 0.3) is 0 Å². The summed E-state index contributed by atoms with van der Waals surface area (Å²) >= 11 is 6.79. The van der Waals surface area contributed by atoms with Gasteiger partial charge in [-0.25, -0.2) is 0 Å². The van der Waals surface area contributed by atoms with Crippen LogP contribution in [-0.4, -0.2) is 48.7 Å². The molecule has 7 heteroatoms. The first-order chi connectivity index (χ1) is 16.1. The summed E-state index contributed by atoms with van der Waals surface area (Å²) in [4.78, 5) is 13.7. The Morgan fingerprint density at radius 3 is 2.76 bits per heavy atom. The highest BCUT2D eigenvalue weighted by Crippen LogP contribution is 2.44. The van der Waals surface area contributed by atoms with E-state index in [0.717, 1.165) is 60.2 Å². The molecule has 6 nitrogen and oxygen atoms in total. The lowest BCUT2D eigenvalue weighted by molar-refractivity contribution is -0.144. The molecule has 1 saturated carbocycles. The number of aliphatic hydroxyl groups is 1. The molecular weight excluding hydrogens is 452 g/mol. The summed E-state index contributed by atoms with van der Waals surface area (Å²) in [6, 6.07) is 6.35. The van der Waals surface area contributed by atoms with Crippen molar-refractivity contribution in [3.8, 4) is 0 Å². The molecule has 1 aliphatic heterocycles. The number of methoxy groups -OCH3 is 1. The molecule has 0 bridgehead atoms. The second-order valence-corrected chi connectivity index (χ2v) is 11.1. The summed E-state index contributed by atoms with van der Waals surface area (Å²) in [5.74, 6) is -0.266. The van der Waals surface area contributed by atoms with Gasteiger partial charge in [0.25, 0.3) is 0 Å². The van der Waals surface area contributed by atoms with E-state index in [1.165, 1.54) is 0 Å². The number of fused-ring (bicyclic) bond motifs is 1. The fraction of sp³-hybridized carbons (Fsp3) is 0.667. The average Bonchev–Trinajstić information content (AvgIpc) is 2.95. The number of ether oxygens (including phenoxy) is 2. The summed E-state index contributed by atoms with van der Waals surface area (Å²) in [5.41, 5.74) is 3.07. The first kappa shape index (κ1) is 27.0. The summed E-state index contributed by atoms with van der Waals surface area (Å²) in [6.45, 7) is 9.24. The highest BCUT2D eigenvalue weighted by molar-refractivity contribution is 6.31. The third kappa shape index (κ3) is 6.54. The summed E-state index contributed by atoms with van der Waals surface area (Å²) in [7, 11) is 1.75. The molecule has 3 atom stereocenters. The number of rotatable bonds is 8. The lowest BCUT2D eigenvalue weighted by Gasteiger charge is -2.46. The van der Waals surface area contributed by atoms with Crippen LogP contribution in [0.5, 0.6) is 0 Å². The van der Waals surface area contributed by atoms with Crippen molar-refractivity contribution in [3.05, 3.63) is 46.1 Å². The molecule has 0 aromatic heterocycles. The van der Waals surface area contributed by atoms with Crippen molar-refractivity contribution in [1.82, 2.24) is 10.2 Å². The molecule has 3 rings (SSSR count). The lowest BCUT2D eigenvalue weighted by Crippen LogP contribution is -2.58. The van der Waals surface area contributed by atoms with Gasteiger partial charge in [0.2, 0.25) is 0 Å². The number of hydrogen-bond donors (Lipinski definition) is 2. The standard InChI is InChI=1S/C27H41ClN2O4/c1-6-34-24(31)12-15-30-18-21-16-22(33-5)8-7-13-27(21,29-25(30)32)20-10-9-19(23(28)17-20)11-14-26(2,3)4/h9-10,17-18,22,25,29,32H,6-8,11-16H2,1-5H3/t22?,25?,27-/m0/s1.